The Morgan fingerprint density at radius 1 is 0.737 bits per heavy atom. The highest BCUT2D eigenvalue weighted by molar-refractivity contribution is 6.02. The minimum absolute atomic E-state index is 0.167. The Morgan fingerprint density at radius 2 is 1.53 bits per heavy atom. The summed E-state index contributed by atoms with van der Waals surface area (Å²) in [7, 11) is 0. The maximum Gasteiger partial charge on any atom is 0.143 e. The number of phenols is 1. The Bertz CT molecular complexity index is 1960. The molecule has 5 heteroatoms. The zero-order valence-electron chi connectivity index (χ0n) is 21.2. The molecule has 0 aliphatic heterocycles. The molecule has 0 amide bonds. The largest absolute Gasteiger partial charge is 0.506 e. The minimum atomic E-state index is 0.167. The number of nitrogens with one attached hydrogen (secondary N) is 1. The van der Waals surface area contributed by atoms with E-state index in [4.69, 9.17) is 9.97 Å². The molecule has 7 rings (SSSR count). The molecule has 184 valence electrons. The zero-order valence-corrected chi connectivity index (χ0v) is 21.2. The Kier molecular flexibility index (Phi) is 5.05. The molecular formula is C33H26N4O. The van der Waals surface area contributed by atoms with Gasteiger partial charge in [-0.3, -0.25) is 0 Å². The van der Waals surface area contributed by atoms with Gasteiger partial charge in [-0.1, -0.05) is 66.7 Å². The van der Waals surface area contributed by atoms with Crippen LogP contribution in [-0.4, -0.2) is 24.6 Å². The summed E-state index contributed by atoms with van der Waals surface area (Å²) in [4.78, 5) is 13.6. The molecule has 0 radical (unpaired) electrons. The third-order valence-corrected chi connectivity index (χ3v) is 7.24. The second-order valence-electron chi connectivity index (χ2n) is 9.91. The summed E-state index contributed by atoms with van der Waals surface area (Å²) in [6.45, 7) is 4.37. The number of nitrogens with zero attached hydrogens (tertiary/aromatic N) is 3. The van der Waals surface area contributed by atoms with Crippen molar-refractivity contribution in [2.75, 3.05) is 0 Å². The number of hydrogen-bond acceptors (Lipinski definition) is 3. The molecule has 0 spiro atoms. The Hall–Kier alpha value is -4.90. The van der Waals surface area contributed by atoms with E-state index in [0.717, 1.165) is 61.1 Å². The summed E-state index contributed by atoms with van der Waals surface area (Å²) in [5.41, 5.74) is 8.48. The summed E-state index contributed by atoms with van der Waals surface area (Å²) in [5.74, 6) is 1.09. The average Bonchev–Trinajstić information content (AvgIpc) is 3.58. The molecular weight excluding hydrogens is 468 g/mol. The van der Waals surface area contributed by atoms with Gasteiger partial charge >= 0.3 is 0 Å². The Labute approximate surface area is 220 Å². The van der Waals surface area contributed by atoms with Gasteiger partial charge in [0.15, 0.2) is 0 Å². The highest BCUT2D eigenvalue weighted by Crippen LogP contribution is 2.39. The first-order chi connectivity index (χ1) is 18.6. The number of benzene rings is 4. The first-order valence-corrected chi connectivity index (χ1v) is 12.9. The average molecular weight is 495 g/mol. The van der Waals surface area contributed by atoms with Gasteiger partial charge in [-0.15, -0.1) is 0 Å². The SMILES string of the molecule is CC(C)n1c(-c2cccc3cc[nH]c23)nc2c(-c3cc(-c4ccccc4)c4cccc(O)c4n3)cccc21. The molecule has 0 saturated carbocycles. The second kappa shape index (κ2) is 8.60. The lowest BCUT2D eigenvalue weighted by molar-refractivity contribution is 0.480. The highest BCUT2D eigenvalue weighted by atomic mass is 16.3. The second-order valence-corrected chi connectivity index (χ2v) is 9.91. The van der Waals surface area contributed by atoms with E-state index in [1.165, 1.54) is 0 Å². The van der Waals surface area contributed by atoms with E-state index in [-0.39, 0.29) is 11.8 Å². The van der Waals surface area contributed by atoms with Crippen LogP contribution in [0.2, 0.25) is 0 Å². The van der Waals surface area contributed by atoms with Crippen molar-refractivity contribution in [2.24, 2.45) is 0 Å². The van der Waals surface area contributed by atoms with Gasteiger partial charge in [-0.05, 0) is 55.3 Å². The topological polar surface area (TPSA) is 66.7 Å². The molecule has 3 aromatic heterocycles. The van der Waals surface area contributed by atoms with Crippen LogP contribution >= 0.6 is 0 Å². The predicted octanol–water partition coefficient (Wildman–Crippen LogP) is 8.35. The molecule has 38 heavy (non-hydrogen) atoms. The van der Waals surface area contributed by atoms with E-state index in [1.807, 2.05) is 36.5 Å². The summed E-state index contributed by atoms with van der Waals surface area (Å²) in [6.07, 6.45) is 1.97. The highest BCUT2D eigenvalue weighted by Gasteiger charge is 2.21. The number of hydrogen-bond donors (Lipinski definition) is 2. The lowest BCUT2D eigenvalue weighted by Crippen LogP contribution is -2.03. The van der Waals surface area contributed by atoms with E-state index in [9.17, 15) is 5.11 Å². The van der Waals surface area contributed by atoms with Crippen molar-refractivity contribution < 1.29 is 5.11 Å². The van der Waals surface area contributed by atoms with Crippen LogP contribution in [-0.2, 0) is 0 Å². The van der Waals surface area contributed by atoms with E-state index in [1.54, 1.807) is 6.07 Å². The fourth-order valence-electron chi connectivity index (χ4n) is 5.54. The van der Waals surface area contributed by atoms with Crippen LogP contribution in [0, 0.1) is 0 Å². The first kappa shape index (κ1) is 22.3. The van der Waals surface area contributed by atoms with Crippen LogP contribution in [0.4, 0.5) is 0 Å². The standard InChI is InChI=1S/C33H26N4O/c1-20(2)37-28-15-7-13-24(31(28)36-33(37)25-14-6-11-22-17-18-34-30(22)25)27-19-26(21-9-4-3-5-10-21)23-12-8-16-29(38)32(23)35-27/h3-20,34,38H,1-2H3. The summed E-state index contributed by atoms with van der Waals surface area (Å²) in [5, 5.41) is 12.9. The van der Waals surface area contributed by atoms with Gasteiger partial charge in [0.05, 0.1) is 22.2 Å². The number of aromatic amines is 1. The fraction of sp³-hybridized carbons (Fsp3) is 0.0909. The number of aromatic hydroxyl groups is 1. The van der Waals surface area contributed by atoms with Crippen molar-refractivity contribution in [1.82, 2.24) is 19.5 Å². The lowest BCUT2D eigenvalue weighted by Gasteiger charge is -2.14. The maximum absolute atomic E-state index is 10.8. The molecule has 0 fully saturated rings. The van der Waals surface area contributed by atoms with Gasteiger partial charge in [0, 0.05) is 34.1 Å². The van der Waals surface area contributed by atoms with Crippen molar-refractivity contribution >= 4 is 32.8 Å². The molecule has 7 aromatic rings. The smallest absolute Gasteiger partial charge is 0.143 e. The summed E-state index contributed by atoms with van der Waals surface area (Å²) >= 11 is 0. The fourth-order valence-corrected chi connectivity index (χ4v) is 5.54. The molecule has 5 nitrogen and oxygen atoms in total. The number of aromatic nitrogens is 4. The number of para-hydroxylation sites is 3. The molecule has 4 aromatic carbocycles. The Balaban J connectivity index is 1.54. The van der Waals surface area contributed by atoms with Gasteiger partial charge in [0.25, 0.3) is 0 Å². The van der Waals surface area contributed by atoms with Gasteiger partial charge in [-0.2, -0.15) is 0 Å². The molecule has 0 atom stereocenters. The number of fused-ring (bicyclic) bond motifs is 3. The zero-order chi connectivity index (χ0) is 25.8. The van der Waals surface area contributed by atoms with Crippen molar-refractivity contribution in [3.05, 3.63) is 103 Å². The number of imidazole rings is 1. The number of phenolic OH excluding ortho intramolecular Hbond substituents is 1. The van der Waals surface area contributed by atoms with Crippen LogP contribution in [0.25, 0.3) is 66.6 Å². The summed E-state index contributed by atoms with van der Waals surface area (Å²) < 4.78 is 2.30. The Morgan fingerprint density at radius 3 is 2.37 bits per heavy atom. The van der Waals surface area contributed by atoms with Gasteiger partial charge in [0.1, 0.15) is 17.1 Å². The number of pyridine rings is 1. The van der Waals surface area contributed by atoms with Crippen LogP contribution in [0.5, 0.6) is 5.75 Å². The van der Waals surface area contributed by atoms with E-state index in [0.29, 0.717) is 5.52 Å². The third-order valence-electron chi connectivity index (χ3n) is 7.24. The van der Waals surface area contributed by atoms with Crippen molar-refractivity contribution in [3.8, 4) is 39.5 Å². The molecule has 0 aliphatic rings. The molecule has 3 heterocycles. The quantitative estimate of drug-likeness (QED) is 0.258. The van der Waals surface area contributed by atoms with Crippen molar-refractivity contribution in [3.63, 3.8) is 0 Å². The first-order valence-electron chi connectivity index (χ1n) is 12.9. The van der Waals surface area contributed by atoms with Crippen molar-refractivity contribution in [1.29, 1.82) is 0 Å². The van der Waals surface area contributed by atoms with Crippen LogP contribution in [0.1, 0.15) is 19.9 Å². The molecule has 0 saturated heterocycles. The predicted molar refractivity (Wildman–Crippen MR) is 155 cm³/mol. The normalized spacial score (nSPS) is 11.8. The van der Waals surface area contributed by atoms with E-state index < -0.39 is 0 Å². The minimum Gasteiger partial charge on any atom is -0.506 e. The van der Waals surface area contributed by atoms with Gasteiger partial charge < -0.3 is 14.7 Å². The monoisotopic (exact) mass is 494 g/mol. The van der Waals surface area contributed by atoms with E-state index >= 15 is 0 Å². The van der Waals surface area contributed by atoms with Crippen molar-refractivity contribution in [2.45, 2.75) is 19.9 Å². The van der Waals surface area contributed by atoms with Crippen LogP contribution in [0.3, 0.4) is 0 Å². The van der Waals surface area contributed by atoms with Crippen LogP contribution in [0.15, 0.2) is 103 Å². The van der Waals surface area contributed by atoms with Gasteiger partial charge in [-0.25, -0.2) is 9.97 Å². The molecule has 2 N–H and O–H groups in total. The maximum atomic E-state index is 10.8. The lowest BCUT2D eigenvalue weighted by atomic mass is 9.97. The number of H-pyrrole nitrogens is 1. The van der Waals surface area contributed by atoms with Crippen LogP contribution < -0.4 is 0 Å². The molecule has 0 unspecified atom stereocenters. The molecule has 0 aliphatic carbocycles. The molecule has 0 bridgehead atoms. The number of rotatable bonds is 4. The summed E-state index contributed by atoms with van der Waals surface area (Å²) in [6, 6.07) is 32.8. The van der Waals surface area contributed by atoms with E-state index in [2.05, 4.69) is 84.1 Å². The third kappa shape index (κ3) is 3.40. The van der Waals surface area contributed by atoms with Gasteiger partial charge in [0.2, 0.25) is 0 Å².